The van der Waals surface area contributed by atoms with Gasteiger partial charge in [-0.3, -0.25) is 14.9 Å². The second-order valence-electron chi connectivity index (χ2n) is 3.31. The van der Waals surface area contributed by atoms with Gasteiger partial charge >= 0.3 is 5.88 Å². The van der Waals surface area contributed by atoms with E-state index in [9.17, 15) is 14.9 Å². The molecule has 88 valence electrons. The largest absolute Gasteiger partial charge is 0.433 e. The van der Waals surface area contributed by atoms with E-state index in [4.69, 9.17) is 4.42 Å². The van der Waals surface area contributed by atoms with Gasteiger partial charge in [0.15, 0.2) is 0 Å². The van der Waals surface area contributed by atoms with Crippen LogP contribution in [-0.2, 0) is 6.54 Å². The fourth-order valence-electron chi connectivity index (χ4n) is 1.34. The van der Waals surface area contributed by atoms with Crippen LogP contribution in [0.2, 0.25) is 0 Å². The first-order valence-electron chi connectivity index (χ1n) is 4.65. The Bertz CT molecular complexity index is 617. The Kier molecular flexibility index (Phi) is 3.10. The van der Waals surface area contributed by atoms with Gasteiger partial charge in [0, 0.05) is 16.7 Å². The van der Waals surface area contributed by atoms with Crippen LogP contribution in [0.1, 0.15) is 5.76 Å². The van der Waals surface area contributed by atoms with Crippen LogP contribution in [0.3, 0.4) is 0 Å². The van der Waals surface area contributed by atoms with Gasteiger partial charge in [0.05, 0.1) is 12.6 Å². The lowest BCUT2D eigenvalue weighted by Gasteiger charge is -2.02. The molecule has 0 aliphatic carbocycles. The molecule has 0 unspecified atom stereocenters. The third kappa shape index (κ3) is 2.62. The van der Waals surface area contributed by atoms with Crippen LogP contribution >= 0.6 is 15.9 Å². The lowest BCUT2D eigenvalue weighted by molar-refractivity contribution is -0.402. The van der Waals surface area contributed by atoms with E-state index in [2.05, 4.69) is 15.9 Å². The van der Waals surface area contributed by atoms with E-state index >= 15 is 0 Å². The quantitative estimate of drug-likeness (QED) is 0.642. The zero-order chi connectivity index (χ0) is 12.4. The Balaban J connectivity index is 2.28. The highest BCUT2D eigenvalue weighted by atomic mass is 79.9. The second kappa shape index (κ2) is 4.54. The van der Waals surface area contributed by atoms with Gasteiger partial charge in [-0.05, 0) is 28.1 Å². The standard InChI is InChI=1S/C10H7BrN2O4/c11-7-1-3-9(14)12(5-7)6-8-2-4-10(17-8)13(15)16/h1-5H,6H2. The van der Waals surface area contributed by atoms with Gasteiger partial charge in [-0.15, -0.1) is 0 Å². The zero-order valence-electron chi connectivity index (χ0n) is 8.50. The average Bonchev–Trinajstić information content (AvgIpc) is 2.72. The summed E-state index contributed by atoms with van der Waals surface area (Å²) in [6, 6.07) is 5.77. The lowest BCUT2D eigenvalue weighted by Crippen LogP contribution is -2.18. The van der Waals surface area contributed by atoms with Crippen LogP contribution in [0, 0.1) is 10.1 Å². The number of pyridine rings is 1. The van der Waals surface area contributed by atoms with Gasteiger partial charge in [-0.1, -0.05) is 0 Å². The SMILES string of the molecule is O=c1ccc(Br)cn1Cc1ccc([N+](=O)[O-])o1. The van der Waals surface area contributed by atoms with Crippen molar-refractivity contribution in [2.45, 2.75) is 6.54 Å². The second-order valence-corrected chi connectivity index (χ2v) is 4.23. The van der Waals surface area contributed by atoms with E-state index < -0.39 is 4.92 Å². The fourth-order valence-corrected chi connectivity index (χ4v) is 1.72. The molecule has 2 aromatic heterocycles. The Labute approximate surface area is 104 Å². The summed E-state index contributed by atoms with van der Waals surface area (Å²) in [6.07, 6.45) is 1.59. The number of hydrogen-bond donors (Lipinski definition) is 0. The van der Waals surface area contributed by atoms with E-state index in [0.29, 0.717) is 5.76 Å². The molecule has 0 radical (unpaired) electrons. The number of nitrogens with zero attached hydrogens (tertiary/aromatic N) is 2. The Hall–Kier alpha value is -1.89. The number of aromatic nitrogens is 1. The Morgan fingerprint density at radius 1 is 1.35 bits per heavy atom. The monoisotopic (exact) mass is 298 g/mol. The zero-order valence-corrected chi connectivity index (χ0v) is 10.1. The minimum atomic E-state index is -0.618. The molecule has 0 saturated heterocycles. The lowest BCUT2D eigenvalue weighted by atomic mass is 10.4. The molecule has 0 saturated carbocycles. The number of furan rings is 1. The number of nitro groups is 1. The van der Waals surface area contributed by atoms with Crippen LogP contribution in [-0.4, -0.2) is 9.49 Å². The summed E-state index contributed by atoms with van der Waals surface area (Å²) < 4.78 is 7.11. The summed E-state index contributed by atoms with van der Waals surface area (Å²) >= 11 is 3.24. The molecular formula is C10H7BrN2O4. The predicted molar refractivity (Wildman–Crippen MR) is 62.9 cm³/mol. The van der Waals surface area contributed by atoms with Crippen LogP contribution in [0.4, 0.5) is 5.88 Å². The molecule has 0 atom stereocenters. The van der Waals surface area contributed by atoms with E-state index in [1.54, 1.807) is 12.3 Å². The van der Waals surface area contributed by atoms with Crippen molar-refractivity contribution in [2.75, 3.05) is 0 Å². The number of rotatable bonds is 3. The molecule has 6 nitrogen and oxygen atoms in total. The molecule has 0 N–H and O–H groups in total. The minimum absolute atomic E-state index is 0.159. The molecule has 2 aromatic rings. The first-order valence-corrected chi connectivity index (χ1v) is 5.44. The molecule has 0 aliphatic heterocycles. The Morgan fingerprint density at radius 3 is 2.76 bits per heavy atom. The van der Waals surface area contributed by atoms with Crippen LogP contribution in [0.5, 0.6) is 0 Å². The number of halogens is 1. The molecule has 7 heteroatoms. The minimum Gasteiger partial charge on any atom is -0.404 e. The summed E-state index contributed by atoms with van der Waals surface area (Å²) in [4.78, 5) is 21.3. The highest BCUT2D eigenvalue weighted by Gasteiger charge is 2.12. The van der Waals surface area contributed by atoms with Crippen molar-refractivity contribution in [3.8, 4) is 0 Å². The topological polar surface area (TPSA) is 78.3 Å². The highest BCUT2D eigenvalue weighted by molar-refractivity contribution is 9.10. The Morgan fingerprint density at radius 2 is 2.12 bits per heavy atom. The molecule has 0 aliphatic rings. The van der Waals surface area contributed by atoms with Crippen molar-refractivity contribution >= 4 is 21.8 Å². The summed E-state index contributed by atoms with van der Waals surface area (Å²) in [5.41, 5.74) is -0.202. The van der Waals surface area contributed by atoms with Crippen LogP contribution in [0.15, 0.2) is 44.1 Å². The van der Waals surface area contributed by atoms with E-state index in [-0.39, 0.29) is 18.0 Å². The molecule has 2 rings (SSSR count). The first kappa shape index (κ1) is 11.6. The van der Waals surface area contributed by atoms with Gasteiger partial charge in [0.25, 0.3) is 5.56 Å². The first-order chi connectivity index (χ1) is 8.06. The maximum absolute atomic E-state index is 11.5. The highest BCUT2D eigenvalue weighted by Crippen LogP contribution is 2.16. The third-order valence-corrected chi connectivity index (χ3v) is 2.57. The fraction of sp³-hybridized carbons (Fsp3) is 0.100. The van der Waals surface area contributed by atoms with Crippen molar-refractivity contribution in [1.82, 2.24) is 4.57 Å². The molecular weight excluding hydrogens is 292 g/mol. The van der Waals surface area contributed by atoms with Gasteiger partial charge in [0.2, 0.25) is 0 Å². The normalized spacial score (nSPS) is 10.4. The molecule has 0 fully saturated rings. The van der Waals surface area contributed by atoms with Crippen LogP contribution in [0.25, 0.3) is 0 Å². The van der Waals surface area contributed by atoms with Crippen LogP contribution < -0.4 is 5.56 Å². The molecule has 0 spiro atoms. The maximum atomic E-state index is 11.5. The van der Waals surface area contributed by atoms with E-state index in [1.165, 1.54) is 22.8 Å². The van der Waals surface area contributed by atoms with E-state index in [1.807, 2.05) is 0 Å². The molecule has 2 heterocycles. The maximum Gasteiger partial charge on any atom is 0.433 e. The van der Waals surface area contributed by atoms with Gasteiger partial charge < -0.3 is 8.98 Å². The summed E-state index contributed by atoms with van der Waals surface area (Å²) in [5.74, 6) is 0.0277. The predicted octanol–water partition coefficient (Wildman–Crippen LogP) is 2.16. The van der Waals surface area contributed by atoms with Crippen molar-refractivity contribution in [3.05, 3.63) is 61.2 Å². The molecule has 0 aromatic carbocycles. The molecule has 0 bridgehead atoms. The van der Waals surface area contributed by atoms with Crippen molar-refractivity contribution in [1.29, 1.82) is 0 Å². The van der Waals surface area contributed by atoms with Crippen molar-refractivity contribution in [2.24, 2.45) is 0 Å². The summed E-state index contributed by atoms with van der Waals surface area (Å²) in [6.45, 7) is 0.159. The van der Waals surface area contributed by atoms with Gasteiger partial charge in [-0.25, -0.2) is 0 Å². The summed E-state index contributed by atoms with van der Waals surface area (Å²) in [7, 11) is 0. The van der Waals surface area contributed by atoms with Crippen molar-refractivity contribution < 1.29 is 9.34 Å². The number of hydrogen-bond acceptors (Lipinski definition) is 4. The van der Waals surface area contributed by atoms with Crippen molar-refractivity contribution in [3.63, 3.8) is 0 Å². The molecule has 0 amide bonds. The van der Waals surface area contributed by atoms with Gasteiger partial charge in [-0.2, -0.15) is 0 Å². The smallest absolute Gasteiger partial charge is 0.404 e. The van der Waals surface area contributed by atoms with Gasteiger partial charge in [0.1, 0.15) is 10.7 Å². The van der Waals surface area contributed by atoms with E-state index in [0.717, 1.165) is 4.47 Å². The summed E-state index contributed by atoms with van der Waals surface area (Å²) in [5, 5.41) is 10.4. The molecule has 17 heavy (non-hydrogen) atoms. The third-order valence-electron chi connectivity index (χ3n) is 2.10. The average molecular weight is 299 g/mol.